The van der Waals surface area contributed by atoms with Crippen molar-refractivity contribution in [2.75, 3.05) is 30.9 Å². The topological polar surface area (TPSA) is 64.7 Å². The highest BCUT2D eigenvalue weighted by Crippen LogP contribution is 2.35. The van der Waals surface area contributed by atoms with Gasteiger partial charge in [-0.2, -0.15) is 0 Å². The maximum Gasteiger partial charge on any atom is 0.319 e. The third kappa shape index (κ3) is 5.18. The maximum absolute atomic E-state index is 13.1. The minimum atomic E-state index is -0.204. The molecule has 2 fully saturated rings. The molecule has 2 saturated carbocycles. The highest BCUT2D eigenvalue weighted by Gasteiger charge is 2.37. The van der Waals surface area contributed by atoms with E-state index in [2.05, 4.69) is 20.4 Å². The van der Waals surface area contributed by atoms with Crippen LogP contribution in [-0.2, 0) is 11.3 Å². The fourth-order valence-electron chi connectivity index (χ4n) is 4.09. The first-order valence-electron chi connectivity index (χ1n) is 10.6. The Labute approximate surface area is 168 Å². The van der Waals surface area contributed by atoms with Gasteiger partial charge in [0.05, 0.1) is 0 Å². The fourth-order valence-corrected chi connectivity index (χ4v) is 4.09. The van der Waals surface area contributed by atoms with Gasteiger partial charge in [0.15, 0.2) is 0 Å². The first kappa shape index (κ1) is 20.5. The van der Waals surface area contributed by atoms with Crippen LogP contribution in [0.4, 0.5) is 16.2 Å². The van der Waals surface area contributed by atoms with Crippen LogP contribution in [0.25, 0.3) is 0 Å². The molecule has 2 aliphatic carbocycles. The molecule has 2 aliphatic rings. The van der Waals surface area contributed by atoms with Crippen LogP contribution in [0.1, 0.15) is 57.4 Å². The van der Waals surface area contributed by atoms with Gasteiger partial charge in [0.25, 0.3) is 0 Å². The first-order chi connectivity index (χ1) is 13.5. The second-order valence-corrected chi connectivity index (χ2v) is 8.25. The molecule has 0 aromatic heterocycles. The molecule has 6 heteroatoms. The smallest absolute Gasteiger partial charge is 0.319 e. The zero-order valence-electron chi connectivity index (χ0n) is 17.5. The summed E-state index contributed by atoms with van der Waals surface area (Å²) in [6.07, 6.45) is 7.95. The molecular weight excluding hydrogens is 352 g/mol. The van der Waals surface area contributed by atoms with E-state index >= 15 is 0 Å². The van der Waals surface area contributed by atoms with Crippen molar-refractivity contribution >= 4 is 23.3 Å². The summed E-state index contributed by atoms with van der Waals surface area (Å²) in [5, 5.41) is 5.65. The van der Waals surface area contributed by atoms with E-state index in [1.54, 1.807) is 0 Å². The molecular formula is C22H34N4O2. The number of benzene rings is 1. The number of nitrogens with one attached hydrogen (secondary N) is 2. The standard InChI is InChI=1S/C22H34N4O2/c1-4-23-22(28)24-18-12-13-20(25(2)3)17(14-18)15-26(21(27)16-10-11-16)19-8-6-5-7-9-19/h12-14,16,19H,4-11,15H2,1-3H3,(H2,23,24,28). The molecule has 1 aromatic carbocycles. The van der Waals surface area contributed by atoms with E-state index in [-0.39, 0.29) is 11.9 Å². The second kappa shape index (κ2) is 9.30. The van der Waals surface area contributed by atoms with Crippen LogP contribution in [0.3, 0.4) is 0 Å². The molecule has 154 valence electrons. The van der Waals surface area contributed by atoms with E-state index < -0.39 is 0 Å². The summed E-state index contributed by atoms with van der Waals surface area (Å²) in [4.78, 5) is 29.2. The van der Waals surface area contributed by atoms with Crippen LogP contribution in [0.5, 0.6) is 0 Å². The van der Waals surface area contributed by atoms with Crippen LogP contribution in [0.2, 0.25) is 0 Å². The average Bonchev–Trinajstić information content (AvgIpc) is 3.51. The largest absolute Gasteiger partial charge is 0.377 e. The third-order valence-electron chi connectivity index (χ3n) is 5.72. The Morgan fingerprint density at radius 2 is 1.79 bits per heavy atom. The van der Waals surface area contributed by atoms with E-state index in [0.29, 0.717) is 25.0 Å². The van der Waals surface area contributed by atoms with Gasteiger partial charge >= 0.3 is 6.03 Å². The monoisotopic (exact) mass is 386 g/mol. The van der Waals surface area contributed by atoms with Gasteiger partial charge in [0.1, 0.15) is 0 Å². The third-order valence-corrected chi connectivity index (χ3v) is 5.72. The number of anilines is 2. The summed E-state index contributed by atoms with van der Waals surface area (Å²) < 4.78 is 0. The lowest BCUT2D eigenvalue weighted by molar-refractivity contribution is -0.136. The SMILES string of the molecule is CCNC(=O)Nc1ccc(N(C)C)c(CN(C(=O)C2CC2)C2CCCCC2)c1. The van der Waals surface area contributed by atoms with E-state index in [1.165, 1.54) is 19.3 Å². The van der Waals surface area contributed by atoms with Gasteiger partial charge < -0.3 is 20.4 Å². The van der Waals surface area contributed by atoms with Gasteiger partial charge in [-0.1, -0.05) is 19.3 Å². The Morgan fingerprint density at radius 3 is 2.39 bits per heavy atom. The van der Waals surface area contributed by atoms with E-state index in [9.17, 15) is 9.59 Å². The van der Waals surface area contributed by atoms with Crippen LogP contribution in [0, 0.1) is 5.92 Å². The Hall–Kier alpha value is -2.24. The van der Waals surface area contributed by atoms with Crippen molar-refractivity contribution in [3.63, 3.8) is 0 Å². The number of carbonyl (C=O) groups is 2. The van der Waals surface area contributed by atoms with Crippen molar-refractivity contribution in [1.29, 1.82) is 0 Å². The Bertz CT molecular complexity index is 694. The summed E-state index contributed by atoms with van der Waals surface area (Å²) in [5.74, 6) is 0.542. The van der Waals surface area contributed by atoms with Gasteiger partial charge in [0, 0.05) is 50.5 Å². The Balaban J connectivity index is 1.84. The lowest BCUT2D eigenvalue weighted by Gasteiger charge is -2.35. The van der Waals surface area contributed by atoms with Crippen molar-refractivity contribution in [3.8, 4) is 0 Å². The van der Waals surface area contributed by atoms with Gasteiger partial charge in [-0.3, -0.25) is 4.79 Å². The minimum absolute atomic E-state index is 0.204. The van der Waals surface area contributed by atoms with Gasteiger partial charge in [0.2, 0.25) is 5.91 Å². The fraction of sp³-hybridized carbons (Fsp3) is 0.636. The van der Waals surface area contributed by atoms with Crippen molar-refractivity contribution in [2.24, 2.45) is 5.92 Å². The molecule has 0 unspecified atom stereocenters. The zero-order valence-corrected chi connectivity index (χ0v) is 17.5. The summed E-state index contributed by atoms with van der Waals surface area (Å²) in [7, 11) is 4.03. The maximum atomic E-state index is 13.1. The van der Waals surface area contributed by atoms with E-state index in [1.807, 2.05) is 39.2 Å². The lowest BCUT2D eigenvalue weighted by atomic mass is 9.93. The Morgan fingerprint density at radius 1 is 1.07 bits per heavy atom. The number of hydrogen-bond acceptors (Lipinski definition) is 3. The van der Waals surface area contributed by atoms with Gasteiger partial charge in [-0.05, 0) is 56.4 Å². The number of nitrogens with zero attached hydrogens (tertiary/aromatic N) is 2. The van der Waals surface area contributed by atoms with Crippen LogP contribution < -0.4 is 15.5 Å². The normalized spacial score (nSPS) is 17.1. The van der Waals surface area contributed by atoms with Gasteiger partial charge in [-0.25, -0.2) is 4.79 Å². The summed E-state index contributed by atoms with van der Waals surface area (Å²) in [6.45, 7) is 3.09. The molecule has 0 aliphatic heterocycles. The van der Waals surface area contributed by atoms with Crippen molar-refractivity contribution < 1.29 is 9.59 Å². The van der Waals surface area contributed by atoms with Crippen molar-refractivity contribution in [2.45, 2.75) is 64.5 Å². The second-order valence-electron chi connectivity index (χ2n) is 8.25. The molecule has 3 rings (SSSR count). The summed E-state index contributed by atoms with van der Waals surface area (Å²) in [5.41, 5.74) is 2.93. The van der Waals surface area contributed by atoms with E-state index in [4.69, 9.17) is 0 Å². The molecule has 3 amide bonds. The number of amides is 3. The number of carbonyl (C=O) groups excluding carboxylic acids is 2. The molecule has 0 radical (unpaired) electrons. The summed E-state index contributed by atoms with van der Waals surface area (Å²) in [6, 6.07) is 6.10. The number of urea groups is 1. The van der Waals surface area contributed by atoms with Crippen LogP contribution >= 0.6 is 0 Å². The first-order valence-corrected chi connectivity index (χ1v) is 10.6. The van der Waals surface area contributed by atoms with Crippen LogP contribution in [-0.4, -0.2) is 43.5 Å². The van der Waals surface area contributed by atoms with Gasteiger partial charge in [-0.15, -0.1) is 0 Å². The molecule has 0 atom stereocenters. The molecule has 0 bridgehead atoms. The predicted octanol–water partition coefficient (Wildman–Crippen LogP) is 3.97. The molecule has 28 heavy (non-hydrogen) atoms. The van der Waals surface area contributed by atoms with Crippen molar-refractivity contribution in [3.05, 3.63) is 23.8 Å². The van der Waals surface area contributed by atoms with Crippen molar-refractivity contribution in [1.82, 2.24) is 10.2 Å². The quantitative estimate of drug-likeness (QED) is 0.745. The molecule has 6 nitrogen and oxygen atoms in total. The highest BCUT2D eigenvalue weighted by molar-refractivity contribution is 5.89. The summed E-state index contributed by atoms with van der Waals surface area (Å²) >= 11 is 0. The van der Waals surface area contributed by atoms with Crippen LogP contribution in [0.15, 0.2) is 18.2 Å². The Kier molecular flexibility index (Phi) is 6.81. The predicted molar refractivity (Wildman–Crippen MR) is 114 cm³/mol. The number of hydrogen-bond donors (Lipinski definition) is 2. The molecule has 0 spiro atoms. The number of rotatable bonds is 7. The average molecular weight is 387 g/mol. The molecule has 0 heterocycles. The van der Waals surface area contributed by atoms with E-state index in [0.717, 1.165) is 42.6 Å². The highest BCUT2D eigenvalue weighted by atomic mass is 16.2. The molecule has 0 saturated heterocycles. The zero-order chi connectivity index (χ0) is 20.1. The lowest BCUT2D eigenvalue weighted by Crippen LogP contribution is -2.42. The molecule has 1 aromatic rings. The molecule has 2 N–H and O–H groups in total. The minimum Gasteiger partial charge on any atom is -0.377 e.